The number of hydrogen-bond donors (Lipinski definition) is 0. The molecule has 0 N–H and O–H groups in total. The zero-order valence-corrected chi connectivity index (χ0v) is 45.2. The standard InChI is InChI=1S/C60H73N2P.2ClH.Ru/c1-40-21-18-22-41(2)55(40)52-35-33-44(5)58(46(52)7)61-37-38-62(59-45(6)34-36-53(47(59)8)56-42(3)23-19-24-43(56)4)60(61)57-49(39-48-25-12-9-13-26-48)27-20-32-54(57)63(50-28-14-10-15-29-50)51-30-16-11-17-31-51;;;/h9,12-13,18-19,21-26,33-36,39,50-51,54H,10-11,14-17,20,27-32,37-38H2,1-8H3;2*1H;/q;;;+2/p-2. The monoisotopic (exact) mass is 1020 g/mol. The molecule has 3 saturated carbocycles. The second kappa shape index (κ2) is 22.5. The van der Waals surface area contributed by atoms with Crippen molar-refractivity contribution in [2.24, 2.45) is 0 Å². The van der Waals surface area contributed by atoms with E-state index in [2.05, 4.69) is 162 Å². The first-order valence-corrected chi connectivity index (χ1v) is 31.1. The van der Waals surface area contributed by atoms with Crippen LogP contribution in [0.25, 0.3) is 28.3 Å². The number of nitrogens with zero attached hydrogens (tertiary/aromatic N) is 2. The molecular formula is C60H73Cl2N2PRu. The Hall–Kier alpha value is -3.19. The molecule has 4 aliphatic rings. The molecule has 1 atom stereocenters. The van der Waals surface area contributed by atoms with E-state index in [1.165, 1.54) is 167 Å². The van der Waals surface area contributed by atoms with Crippen LogP contribution in [0.15, 0.2) is 108 Å². The Morgan fingerprint density at radius 3 is 1.38 bits per heavy atom. The van der Waals surface area contributed by atoms with Gasteiger partial charge in [-0.3, -0.25) is 0 Å². The summed E-state index contributed by atoms with van der Waals surface area (Å²) in [5.41, 5.74) is 26.4. The first kappa shape index (κ1) is 49.2. The summed E-state index contributed by atoms with van der Waals surface area (Å²) in [6.07, 6.45) is 20.7. The van der Waals surface area contributed by atoms with Crippen molar-refractivity contribution in [1.29, 1.82) is 0 Å². The van der Waals surface area contributed by atoms with Crippen LogP contribution in [0.3, 0.4) is 0 Å². The van der Waals surface area contributed by atoms with Crippen LogP contribution in [0.5, 0.6) is 0 Å². The molecule has 5 aromatic rings. The van der Waals surface area contributed by atoms with Crippen molar-refractivity contribution in [2.45, 2.75) is 156 Å². The SMILES string of the molecule is Cc1cccc(C)c1-c1ccc(C)c(N2CCN(c3c(C)ccc(-c4c(C)cccc4C)c3C)C2=C2C(=Cc3ccccc3)CCCC2P(C2CCCCC2)C2CCCCC2)c1C.[Cl][Ru][Cl]. The van der Waals surface area contributed by atoms with Crippen LogP contribution in [-0.2, 0) is 15.1 Å². The van der Waals surface area contributed by atoms with E-state index in [-0.39, 0.29) is 23.1 Å². The summed E-state index contributed by atoms with van der Waals surface area (Å²) in [5.74, 6) is 1.50. The van der Waals surface area contributed by atoms with Crippen LogP contribution in [0.2, 0.25) is 0 Å². The van der Waals surface area contributed by atoms with Crippen molar-refractivity contribution >= 4 is 44.8 Å². The quantitative estimate of drug-likeness (QED) is 0.113. The van der Waals surface area contributed by atoms with Crippen LogP contribution in [-0.4, -0.2) is 30.1 Å². The van der Waals surface area contributed by atoms with Gasteiger partial charge >= 0.3 is 34.5 Å². The topological polar surface area (TPSA) is 6.48 Å². The molecule has 350 valence electrons. The third-order valence-corrected chi connectivity index (χ3v) is 19.7. The van der Waals surface area contributed by atoms with Crippen molar-refractivity contribution in [3.63, 3.8) is 0 Å². The summed E-state index contributed by atoms with van der Waals surface area (Å²) in [7, 11) is 9.48. The molecule has 5 aromatic carbocycles. The van der Waals surface area contributed by atoms with E-state index in [4.69, 9.17) is 19.4 Å². The summed E-state index contributed by atoms with van der Waals surface area (Å²) in [6.45, 7) is 20.8. The Balaban J connectivity index is 0.00000192. The Morgan fingerprint density at radius 2 is 0.939 bits per heavy atom. The van der Waals surface area contributed by atoms with Gasteiger partial charge in [0, 0.05) is 35.7 Å². The molecule has 0 radical (unpaired) electrons. The van der Waals surface area contributed by atoms with Gasteiger partial charge in [-0.15, -0.1) is 0 Å². The van der Waals surface area contributed by atoms with Gasteiger partial charge in [0.15, 0.2) is 0 Å². The fraction of sp³-hybridized carbons (Fsp3) is 0.433. The van der Waals surface area contributed by atoms with E-state index in [0.29, 0.717) is 5.66 Å². The molecule has 3 aliphatic carbocycles. The van der Waals surface area contributed by atoms with Gasteiger partial charge < -0.3 is 9.80 Å². The minimum absolute atomic E-state index is 0.232. The van der Waals surface area contributed by atoms with E-state index >= 15 is 0 Å². The minimum atomic E-state index is -0.346. The number of rotatable bonds is 8. The van der Waals surface area contributed by atoms with E-state index in [1.54, 1.807) is 11.1 Å². The van der Waals surface area contributed by atoms with Gasteiger partial charge in [0.25, 0.3) is 0 Å². The molecular weight excluding hydrogens is 952 g/mol. The average Bonchev–Trinajstić information content (AvgIpc) is 3.72. The van der Waals surface area contributed by atoms with Crippen molar-refractivity contribution in [2.75, 3.05) is 22.9 Å². The van der Waals surface area contributed by atoms with E-state index in [0.717, 1.165) is 30.8 Å². The Morgan fingerprint density at radius 1 is 0.500 bits per heavy atom. The van der Waals surface area contributed by atoms with Crippen molar-refractivity contribution in [1.82, 2.24) is 0 Å². The van der Waals surface area contributed by atoms with Gasteiger partial charge in [-0.25, -0.2) is 0 Å². The number of benzene rings is 5. The van der Waals surface area contributed by atoms with Gasteiger partial charge in [0.05, 0.1) is 0 Å². The number of hydrogen-bond acceptors (Lipinski definition) is 2. The first-order valence-electron chi connectivity index (χ1n) is 25.0. The van der Waals surface area contributed by atoms with Crippen molar-refractivity contribution in [3.8, 4) is 22.3 Å². The van der Waals surface area contributed by atoms with Gasteiger partial charge in [-0.2, -0.15) is 0 Å². The van der Waals surface area contributed by atoms with Crippen molar-refractivity contribution in [3.05, 3.63) is 158 Å². The van der Waals surface area contributed by atoms with Gasteiger partial charge in [-0.1, -0.05) is 144 Å². The first-order chi connectivity index (χ1) is 32.0. The predicted molar refractivity (Wildman–Crippen MR) is 288 cm³/mol. The Bertz CT molecular complexity index is 2370. The fourth-order valence-corrected chi connectivity index (χ4v) is 17.4. The van der Waals surface area contributed by atoms with Gasteiger partial charge in [0.2, 0.25) is 0 Å². The molecule has 1 aliphatic heterocycles. The van der Waals surface area contributed by atoms with Crippen molar-refractivity contribution < 1.29 is 15.1 Å². The summed E-state index contributed by atoms with van der Waals surface area (Å²) in [4.78, 5) is 5.74. The van der Waals surface area contributed by atoms with Crippen LogP contribution < -0.4 is 9.80 Å². The summed E-state index contributed by atoms with van der Waals surface area (Å²) in [5, 5.41) is 0. The van der Waals surface area contributed by atoms with Crippen LogP contribution >= 0.6 is 27.3 Å². The van der Waals surface area contributed by atoms with Gasteiger partial charge in [0.1, 0.15) is 5.82 Å². The third-order valence-electron chi connectivity index (χ3n) is 15.7. The second-order valence-electron chi connectivity index (χ2n) is 20.0. The van der Waals surface area contributed by atoms with E-state index in [1.807, 2.05) is 0 Å². The third kappa shape index (κ3) is 10.2. The molecule has 9 rings (SSSR count). The maximum absolute atomic E-state index is 4.85. The van der Waals surface area contributed by atoms with E-state index in [9.17, 15) is 0 Å². The van der Waals surface area contributed by atoms with Gasteiger partial charge in [-0.05, 0) is 190 Å². The molecule has 0 aromatic heterocycles. The number of halogens is 2. The molecule has 66 heavy (non-hydrogen) atoms. The molecule has 2 nitrogen and oxygen atoms in total. The number of anilines is 2. The van der Waals surface area contributed by atoms with Crippen LogP contribution in [0.4, 0.5) is 11.4 Å². The zero-order valence-electron chi connectivity index (χ0n) is 41.0. The normalized spacial score (nSPS) is 19.3. The molecule has 0 spiro atoms. The summed E-state index contributed by atoms with van der Waals surface area (Å²) < 4.78 is 0. The van der Waals surface area contributed by atoms with E-state index < -0.39 is 0 Å². The number of aryl methyl sites for hydroxylation is 6. The number of allylic oxidation sites excluding steroid dienone is 2. The molecule has 1 saturated heterocycles. The molecule has 0 amide bonds. The predicted octanol–water partition coefficient (Wildman–Crippen LogP) is 18.2. The average molecular weight is 1030 g/mol. The molecule has 1 heterocycles. The molecule has 6 heteroatoms. The molecule has 0 bridgehead atoms. The van der Waals surface area contributed by atoms with Crippen LogP contribution in [0, 0.1) is 55.4 Å². The summed E-state index contributed by atoms with van der Waals surface area (Å²) in [6, 6.07) is 34.7. The molecule has 4 fully saturated rings. The fourth-order valence-electron chi connectivity index (χ4n) is 12.8. The Kier molecular flexibility index (Phi) is 16.8. The molecule has 1 unspecified atom stereocenters. The Labute approximate surface area is 416 Å². The maximum atomic E-state index is 4.85. The van der Waals surface area contributed by atoms with Crippen LogP contribution in [0.1, 0.15) is 134 Å². The summed E-state index contributed by atoms with van der Waals surface area (Å²) >= 11 is -0.346. The zero-order chi connectivity index (χ0) is 46.5. The second-order valence-corrected chi connectivity index (χ2v) is 25.6.